The third-order valence-corrected chi connectivity index (χ3v) is 4.60. The summed E-state index contributed by atoms with van der Waals surface area (Å²) in [4.78, 5) is 14.7. The predicted octanol–water partition coefficient (Wildman–Crippen LogP) is 3.26. The fourth-order valence-corrected chi connectivity index (χ4v) is 2.86. The molecule has 146 valence electrons. The zero-order valence-electron chi connectivity index (χ0n) is 16.6. The van der Waals surface area contributed by atoms with Gasteiger partial charge in [0.25, 0.3) is 5.91 Å². The molecule has 0 bridgehead atoms. The van der Waals surface area contributed by atoms with Crippen LogP contribution in [0.2, 0.25) is 0 Å². The molecule has 0 spiro atoms. The number of carbonyl (C=O) groups excluding carboxylic acids is 1. The van der Waals surface area contributed by atoms with Crippen LogP contribution in [0.3, 0.4) is 0 Å². The lowest BCUT2D eigenvalue weighted by atomic mass is 10.1. The summed E-state index contributed by atoms with van der Waals surface area (Å²) in [5.41, 5.74) is 3.56. The highest BCUT2D eigenvalue weighted by molar-refractivity contribution is 5.92. The van der Waals surface area contributed by atoms with E-state index >= 15 is 0 Å². The third kappa shape index (κ3) is 4.98. The van der Waals surface area contributed by atoms with E-state index in [2.05, 4.69) is 41.4 Å². The van der Waals surface area contributed by atoms with Crippen molar-refractivity contribution in [1.29, 1.82) is 0 Å². The monoisotopic (exact) mass is 378 g/mol. The van der Waals surface area contributed by atoms with Gasteiger partial charge in [-0.2, -0.15) is 5.10 Å². The first-order chi connectivity index (χ1) is 13.6. The molecule has 0 aliphatic heterocycles. The summed E-state index contributed by atoms with van der Waals surface area (Å²) >= 11 is 0. The van der Waals surface area contributed by atoms with E-state index in [4.69, 9.17) is 4.74 Å². The van der Waals surface area contributed by atoms with Crippen molar-refractivity contribution in [2.24, 2.45) is 0 Å². The van der Waals surface area contributed by atoms with Crippen LogP contribution in [0.25, 0.3) is 5.69 Å². The van der Waals surface area contributed by atoms with Gasteiger partial charge in [0, 0.05) is 19.3 Å². The fraction of sp³-hybridized carbons (Fsp3) is 0.273. The number of hydrogen-bond donors (Lipinski definition) is 1. The minimum Gasteiger partial charge on any atom is -0.497 e. The molecule has 0 saturated carbocycles. The van der Waals surface area contributed by atoms with Crippen LogP contribution >= 0.6 is 0 Å². The van der Waals surface area contributed by atoms with E-state index in [0.717, 1.165) is 30.1 Å². The van der Waals surface area contributed by atoms with Gasteiger partial charge in [-0.15, -0.1) is 0 Å². The molecule has 0 unspecified atom stereocenters. The van der Waals surface area contributed by atoms with Gasteiger partial charge in [0.05, 0.1) is 12.8 Å². The summed E-state index contributed by atoms with van der Waals surface area (Å²) < 4.78 is 6.84. The maximum atomic E-state index is 12.5. The van der Waals surface area contributed by atoms with E-state index in [1.54, 1.807) is 24.1 Å². The van der Waals surface area contributed by atoms with Crippen LogP contribution < -0.4 is 10.1 Å². The Morgan fingerprint density at radius 3 is 2.61 bits per heavy atom. The number of hydrogen-bond acceptors (Lipinski definition) is 4. The second kappa shape index (κ2) is 9.19. The van der Waals surface area contributed by atoms with Crippen LogP contribution in [0, 0.1) is 0 Å². The first kappa shape index (κ1) is 19.6. The Balaban J connectivity index is 1.61. The lowest BCUT2D eigenvalue weighted by molar-refractivity contribution is 0.0945. The van der Waals surface area contributed by atoms with Gasteiger partial charge in [0.2, 0.25) is 0 Å². The number of aromatic nitrogens is 2. The maximum absolute atomic E-state index is 12.5. The van der Waals surface area contributed by atoms with Crippen molar-refractivity contribution < 1.29 is 9.53 Å². The van der Waals surface area contributed by atoms with E-state index in [-0.39, 0.29) is 5.91 Å². The van der Waals surface area contributed by atoms with Crippen molar-refractivity contribution in [1.82, 2.24) is 20.0 Å². The van der Waals surface area contributed by atoms with Crippen molar-refractivity contribution in [3.05, 3.63) is 77.6 Å². The first-order valence-electron chi connectivity index (χ1n) is 9.33. The van der Waals surface area contributed by atoms with Gasteiger partial charge in [-0.3, -0.25) is 4.79 Å². The van der Waals surface area contributed by atoms with Crippen molar-refractivity contribution in [3.8, 4) is 11.4 Å². The van der Waals surface area contributed by atoms with Crippen LogP contribution in [-0.4, -0.2) is 41.3 Å². The second-order valence-electron chi connectivity index (χ2n) is 6.68. The lowest BCUT2D eigenvalue weighted by Gasteiger charge is -2.14. The molecule has 0 radical (unpaired) electrons. The van der Waals surface area contributed by atoms with Gasteiger partial charge in [0.15, 0.2) is 5.69 Å². The summed E-state index contributed by atoms with van der Waals surface area (Å²) in [7, 11) is 3.72. The second-order valence-corrected chi connectivity index (χ2v) is 6.68. The molecule has 3 aromatic rings. The zero-order chi connectivity index (χ0) is 19.9. The molecule has 0 atom stereocenters. The van der Waals surface area contributed by atoms with E-state index < -0.39 is 0 Å². The van der Waals surface area contributed by atoms with Gasteiger partial charge >= 0.3 is 0 Å². The predicted molar refractivity (Wildman–Crippen MR) is 110 cm³/mol. The van der Waals surface area contributed by atoms with E-state index in [0.29, 0.717) is 12.2 Å². The Kier molecular flexibility index (Phi) is 6.45. The van der Waals surface area contributed by atoms with Gasteiger partial charge < -0.3 is 15.0 Å². The molecule has 0 fully saturated rings. The highest BCUT2D eigenvalue weighted by Crippen LogP contribution is 2.14. The minimum atomic E-state index is -0.191. The number of benzene rings is 2. The molecule has 2 aromatic carbocycles. The van der Waals surface area contributed by atoms with Crippen LogP contribution in [-0.2, 0) is 13.1 Å². The summed E-state index contributed by atoms with van der Waals surface area (Å²) in [6.45, 7) is 4.50. The average molecular weight is 378 g/mol. The zero-order valence-corrected chi connectivity index (χ0v) is 16.6. The van der Waals surface area contributed by atoms with Crippen LogP contribution in [0.5, 0.6) is 5.75 Å². The Labute approximate surface area is 165 Å². The van der Waals surface area contributed by atoms with E-state index in [1.807, 2.05) is 36.4 Å². The summed E-state index contributed by atoms with van der Waals surface area (Å²) in [5, 5.41) is 7.32. The van der Waals surface area contributed by atoms with Crippen molar-refractivity contribution >= 4 is 5.91 Å². The Hall–Kier alpha value is -3.12. The molecule has 1 N–H and O–H groups in total. The Bertz CT molecular complexity index is 918. The van der Waals surface area contributed by atoms with Gasteiger partial charge in [-0.1, -0.05) is 31.2 Å². The maximum Gasteiger partial charge on any atom is 0.272 e. The third-order valence-electron chi connectivity index (χ3n) is 4.60. The largest absolute Gasteiger partial charge is 0.497 e. The van der Waals surface area contributed by atoms with Crippen molar-refractivity contribution in [3.63, 3.8) is 0 Å². The number of methoxy groups -OCH3 is 1. The summed E-state index contributed by atoms with van der Waals surface area (Å²) in [6, 6.07) is 17.5. The quantitative estimate of drug-likeness (QED) is 0.654. The van der Waals surface area contributed by atoms with E-state index in [9.17, 15) is 4.79 Å². The van der Waals surface area contributed by atoms with E-state index in [1.165, 1.54) is 5.56 Å². The first-order valence-corrected chi connectivity index (χ1v) is 9.33. The van der Waals surface area contributed by atoms with Crippen LogP contribution in [0.1, 0.15) is 28.5 Å². The molecule has 28 heavy (non-hydrogen) atoms. The van der Waals surface area contributed by atoms with Crippen molar-refractivity contribution in [2.75, 3.05) is 20.7 Å². The number of nitrogens with zero attached hydrogens (tertiary/aromatic N) is 3. The minimum absolute atomic E-state index is 0.191. The molecule has 3 rings (SSSR count). The SMILES string of the molecule is CCN(C)Cc1cccc(CNC(=O)c2ccn(-c3ccc(OC)cc3)n2)c1. The topological polar surface area (TPSA) is 59.4 Å². The molecular formula is C22H26N4O2. The Morgan fingerprint density at radius 2 is 1.89 bits per heavy atom. The standard InChI is InChI=1S/C22H26N4O2/c1-4-25(2)16-18-7-5-6-17(14-18)15-23-22(27)21-12-13-26(24-21)19-8-10-20(28-3)11-9-19/h5-14H,4,15-16H2,1-3H3,(H,23,27). The number of ether oxygens (including phenoxy) is 1. The summed E-state index contributed by atoms with van der Waals surface area (Å²) in [5.74, 6) is 0.588. The number of rotatable bonds is 8. The molecule has 0 saturated heterocycles. The molecule has 6 nitrogen and oxygen atoms in total. The lowest BCUT2D eigenvalue weighted by Crippen LogP contribution is -2.23. The van der Waals surface area contributed by atoms with Gasteiger partial charge in [0.1, 0.15) is 5.75 Å². The molecule has 0 aliphatic rings. The smallest absolute Gasteiger partial charge is 0.272 e. The summed E-state index contributed by atoms with van der Waals surface area (Å²) in [6.07, 6.45) is 1.78. The van der Waals surface area contributed by atoms with Gasteiger partial charge in [-0.25, -0.2) is 4.68 Å². The van der Waals surface area contributed by atoms with Crippen LogP contribution in [0.15, 0.2) is 60.8 Å². The highest BCUT2D eigenvalue weighted by Gasteiger charge is 2.10. The van der Waals surface area contributed by atoms with Crippen LogP contribution in [0.4, 0.5) is 0 Å². The molecule has 6 heteroatoms. The number of amides is 1. The molecular weight excluding hydrogens is 352 g/mol. The molecule has 1 heterocycles. The fourth-order valence-electron chi connectivity index (χ4n) is 2.86. The highest BCUT2D eigenvalue weighted by atomic mass is 16.5. The number of carbonyl (C=O) groups is 1. The molecule has 0 aliphatic carbocycles. The molecule has 1 amide bonds. The molecule has 1 aromatic heterocycles. The van der Waals surface area contributed by atoms with Gasteiger partial charge in [-0.05, 0) is 55.1 Å². The van der Waals surface area contributed by atoms with Crippen molar-refractivity contribution in [2.45, 2.75) is 20.0 Å². The Morgan fingerprint density at radius 1 is 1.14 bits per heavy atom. The normalized spacial score (nSPS) is 10.9. The average Bonchev–Trinajstić information content (AvgIpc) is 3.22. The number of nitrogens with one attached hydrogen (secondary N) is 1.